The van der Waals surface area contributed by atoms with Gasteiger partial charge in [0.1, 0.15) is 0 Å². The second-order valence-corrected chi connectivity index (χ2v) is 6.99. The highest BCUT2D eigenvalue weighted by Crippen LogP contribution is 2.23. The van der Waals surface area contributed by atoms with Gasteiger partial charge in [0, 0.05) is 44.1 Å². The predicted molar refractivity (Wildman–Crippen MR) is 101 cm³/mol. The van der Waals surface area contributed by atoms with E-state index in [4.69, 9.17) is 0 Å². The van der Waals surface area contributed by atoms with Gasteiger partial charge < -0.3 is 10.2 Å². The zero-order chi connectivity index (χ0) is 17.5. The number of amides is 1. The number of benzene rings is 1. The van der Waals surface area contributed by atoms with Gasteiger partial charge in [0.25, 0.3) is 0 Å². The van der Waals surface area contributed by atoms with E-state index in [1.54, 1.807) is 12.4 Å². The van der Waals surface area contributed by atoms with E-state index in [0.29, 0.717) is 13.0 Å². The average Bonchev–Trinajstić information content (AvgIpc) is 2.66. The number of carbonyl (C=O) groups is 1. The SMILES string of the molecule is C[C@@H]1CCCN(c2ccc(CNC(=O)CCc3ccncc3)cc2)C1. The first kappa shape index (κ1) is 17.5. The van der Waals surface area contributed by atoms with Crippen molar-refractivity contribution < 1.29 is 4.79 Å². The summed E-state index contributed by atoms with van der Waals surface area (Å²) in [5, 5.41) is 3.01. The molecule has 1 N–H and O–H groups in total. The summed E-state index contributed by atoms with van der Waals surface area (Å²) in [7, 11) is 0. The molecule has 0 spiro atoms. The maximum atomic E-state index is 12.0. The van der Waals surface area contributed by atoms with Gasteiger partial charge in [-0.15, -0.1) is 0 Å². The van der Waals surface area contributed by atoms with E-state index in [2.05, 4.69) is 46.4 Å². The molecule has 4 nitrogen and oxygen atoms in total. The third-order valence-electron chi connectivity index (χ3n) is 4.84. The van der Waals surface area contributed by atoms with Crippen molar-refractivity contribution in [2.45, 2.75) is 39.2 Å². The van der Waals surface area contributed by atoms with E-state index in [0.717, 1.165) is 36.6 Å². The van der Waals surface area contributed by atoms with Crippen LogP contribution >= 0.6 is 0 Å². The predicted octanol–water partition coefficient (Wildman–Crippen LogP) is 3.57. The molecule has 0 unspecified atom stereocenters. The molecule has 132 valence electrons. The molecular weight excluding hydrogens is 310 g/mol. The molecule has 0 radical (unpaired) electrons. The summed E-state index contributed by atoms with van der Waals surface area (Å²) in [5.74, 6) is 0.860. The first-order valence-electron chi connectivity index (χ1n) is 9.20. The highest BCUT2D eigenvalue weighted by Gasteiger charge is 2.16. The Labute approximate surface area is 150 Å². The van der Waals surface area contributed by atoms with Gasteiger partial charge in [-0.05, 0) is 60.6 Å². The van der Waals surface area contributed by atoms with Crippen molar-refractivity contribution >= 4 is 11.6 Å². The van der Waals surface area contributed by atoms with E-state index < -0.39 is 0 Å². The molecule has 2 aromatic rings. The number of rotatable bonds is 6. The van der Waals surface area contributed by atoms with Crippen LogP contribution in [0.4, 0.5) is 5.69 Å². The number of anilines is 1. The van der Waals surface area contributed by atoms with Gasteiger partial charge in [0.15, 0.2) is 0 Å². The van der Waals surface area contributed by atoms with Crippen LogP contribution in [0, 0.1) is 5.92 Å². The number of aromatic nitrogens is 1. The number of nitrogens with zero attached hydrogens (tertiary/aromatic N) is 2. The number of piperidine rings is 1. The largest absolute Gasteiger partial charge is 0.371 e. The number of aryl methyl sites for hydroxylation is 1. The van der Waals surface area contributed by atoms with Crippen molar-refractivity contribution in [3.8, 4) is 0 Å². The molecule has 0 bridgehead atoms. The number of nitrogens with one attached hydrogen (secondary N) is 1. The standard InChI is InChI=1S/C21H27N3O/c1-17-3-2-14-24(16-17)20-7-4-19(5-8-20)15-23-21(25)9-6-18-10-12-22-13-11-18/h4-5,7-8,10-13,17H,2-3,6,9,14-16H2,1H3,(H,23,25)/t17-/m1/s1. The van der Waals surface area contributed by atoms with Crippen molar-refractivity contribution in [1.29, 1.82) is 0 Å². The number of carbonyl (C=O) groups excluding carboxylic acids is 1. The quantitative estimate of drug-likeness (QED) is 0.876. The molecule has 1 saturated heterocycles. The normalized spacial score (nSPS) is 17.3. The van der Waals surface area contributed by atoms with E-state index in [1.807, 2.05) is 12.1 Å². The van der Waals surface area contributed by atoms with Crippen molar-refractivity contribution in [2.75, 3.05) is 18.0 Å². The van der Waals surface area contributed by atoms with Crippen LogP contribution < -0.4 is 10.2 Å². The van der Waals surface area contributed by atoms with Crippen LogP contribution in [0.15, 0.2) is 48.8 Å². The number of hydrogen-bond acceptors (Lipinski definition) is 3. The highest BCUT2D eigenvalue weighted by molar-refractivity contribution is 5.76. The lowest BCUT2D eigenvalue weighted by Gasteiger charge is -2.32. The molecule has 1 aromatic carbocycles. The fourth-order valence-corrected chi connectivity index (χ4v) is 3.34. The minimum Gasteiger partial charge on any atom is -0.371 e. The number of pyridine rings is 1. The van der Waals surface area contributed by atoms with Crippen molar-refractivity contribution in [1.82, 2.24) is 10.3 Å². The highest BCUT2D eigenvalue weighted by atomic mass is 16.1. The molecule has 25 heavy (non-hydrogen) atoms. The molecule has 1 amide bonds. The summed E-state index contributed by atoms with van der Waals surface area (Å²) in [6, 6.07) is 12.5. The summed E-state index contributed by atoms with van der Waals surface area (Å²) in [4.78, 5) is 18.5. The Morgan fingerprint density at radius 2 is 1.92 bits per heavy atom. The zero-order valence-electron chi connectivity index (χ0n) is 14.9. The molecule has 1 aliphatic rings. The zero-order valence-corrected chi connectivity index (χ0v) is 14.9. The van der Waals surface area contributed by atoms with E-state index >= 15 is 0 Å². The Balaban J connectivity index is 1.44. The molecule has 1 aromatic heterocycles. The molecule has 0 aliphatic carbocycles. The Kier molecular flexibility index (Phi) is 6.04. The Hall–Kier alpha value is -2.36. The van der Waals surface area contributed by atoms with Crippen LogP contribution in [0.2, 0.25) is 0 Å². The van der Waals surface area contributed by atoms with Crippen LogP contribution in [-0.2, 0) is 17.8 Å². The lowest BCUT2D eigenvalue weighted by Crippen LogP contribution is -2.34. The summed E-state index contributed by atoms with van der Waals surface area (Å²) >= 11 is 0. The van der Waals surface area contributed by atoms with Gasteiger partial charge in [-0.2, -0.15) is 0 Å². The van der Waals surface area contributed by atoms with Gasteiger partial charge in [-0.3, -0.25) is 9.78 Å². The molecule has 4 heteroatoms. The molecule has 1 aliphatic heterocycles. The van der Waals surface area contributed by atoms with Crippen LogP contribution in [0.25, 0.3) is 0 Å². The fourth-order valence-electron chi connectivity index (χ4n) is 3.34. The van der Waals surface area contributed by atoms with Gasteiger partial charge in [-0.25, -0.2) is 0 Å². The summed E-state index contributed by atoms with van der Waals surface area (Å²) < 4.78 is 0. The molecule has 3 rings (SSSR count). The second kappa shape index (κ2) is 8.65. The lowest BCUT2D eigenvalue weighted by molar-refractivity contribution is -0.121. The van der Waals surface area contributed by atoms with Crippen LogP contribution in [0.1, 0.15) is 37.3 Å². The van der Waals surface area contributed by atoms with Crippen molar-refractivity contribution in [3.63, 3.8) is 0 Å². The first-order valence-corrected chi connectivity index (χ1v) is 9.20. The molecule has 1 atom stereocenters. The first-order chi connectivity index (χ1) is 12.2. The van der Waals surface area contributed by atoms with Crippen molar-refractivity contribution in [2.24, 2.45) is 5.92 Å². The van der Waals surface area contributed by atoms with Gasteiger partial charge >= 0.3 is 0 Å². The summed E-state index contributed by atoms with van der Waals surface area (Å²) in [5.41, 5.74) is 3.58. The van der Waals surface area contributed by atoms with Gasteiger partial charge in [0.05, 0.1) is 0 Å². The topological polar surface area (TPSA) is 45.2 Å². The third kappa shape index (κ3) is 5.31. The lowest BCUT2D eigenvalue weighted by atomic mass is 9.99. The molecular formula is C21H27N3O. The summed E-state index contributed by atoms with van der Waals surface area (Å²) in [6.45, 7) is 5.20. The van der Waals surface area contributed by atoms with Crippen molar-refractivity contribution in [3.05, 3.63) is 59.9 Å². The Bertz CT molecular complexity index is 669. The Morgan fingerprint density at radius 3 is 2.64 bits per heavy atom. The minimum atomic E-state index is 0.0887. The number of hydrogen-bond donors (Lipinski definition) is 1. The molecule has 2 heterocycles. The third-order valence-corrected chi connectivity index (χ3v) is 4.84. The maximum Gasteiger partial charge on any atom is 0.220 e. The monoisotopic (exact) mass is 337 g/mol. The Morgan fingerprint density at radius 1 is 1.16 bits per heavy atom. The average molecular weight is 337 g/mol. The summed E-state index contributed by atoms with van der Waals surface area (Å²) in [6.07, 6.45) is 7.39. The van der Waals surface area contributed by atoms with Gasteiger partial charge in [0.2, 0.25) is 5.91 Å². The molecule has 1 fully saturated rings. The maximum absolute atomic E-state index is 12.0. The van der Waals surface area contributed by atoms with Gasteiger partial charge in [-0.1, -0.05) is 19.1 Å². The smallest absolute Gasteiger partial charge is 0.220 e. The van der Waals surface area contributed by atoms with Crippen LogP contribution in [0.5, 0.6) is 0 Å². The van der Waals surface area contributed by atoms with Crippen LogP contribution in [0.3, 0.4) is 0 Å². The minimum absolute atomic E-state index is 0.0887. The fraction of sp³-hybridized carbons (Fsp3) is 0.429. The van der Waals surface area contributed by atoms with E-state index in [-0.39, 0.29) is 5.91 Å². The molecule has 0 saturated carbocycles. The second-order valence-electron chi connectivity index (χ2n) is 6.99. The van der Waals surface area contributed by atoms with E-state index in [1.165, 1.54) is 18.5 Å². The van der Waals surface area contributed by atoms with E-state index in [9.17, 15) is 4.79 Å². The van der Waals surface area contributed by atoms with Crippen LogP contribution in [-0.4, -0.2) is 24.0 Å².